The maximum absolute atomic E-state index is 6.82. The average molecular weight is 1400 g/mol. The fourth-order valence-corrected chi connectivity index (χ4v) is 18.6. The highest BCUT2D eigenvalue weighted by Crippen LogP contribution is 2.61. The minimum Gasteiger partial charge on any atom is -0.456 e. The molecule has 2 aliphatic carbocycles. The Balaban J connectivity index is 0.000000138. The first-order chi connectivity index (χ1) is 53.5. The minimum absolute atomic E-state index is 0.509. The van der Waals surface area contributed by atoms with E-state index in [1.807, 2.05) is 121 Å². The Kier molecular flexibility index (Phi) is 14.8. The molecule has 20 aromatic rings. The summed E-state index contributed by atoms with van der Waals surface area (Å²) in [7, 11) is 0. The van der Waals surface area contributed by atoms with Crippen LogP contribution >= 0.6 is 11.3 Å². The van der Waals surface area contributed by atoms with Crippen molar-refractivity contribution in [2.24, 2.45) is 0 Å². The third kappa shape index (κ3) is 9.88. The summed E-state index contributed by atoms with van der Waals surface area (Å²) in [6, 6.07) is 134. The number of nitrogens with zero attached hydrogens (tertiary/aromatic N) is 6. The van der Waals surface area contributed by atoms with Crippen LogP contribution in [0.1, 0.15) is 44.5 Å². The van der Waals surface area contributed by atoms with Gasteiger partial charge in [0.15, 0.2) is 34.9 Å². The molecule has 22 rings (SSSR count). The molecule has 0 radical (unpaired) electrons. The molecule has 0 spiro atoms. The number of furan rings is 1. The lowest BCUT2D eigenvalue weighted by molar-refractivity contribution is 0.666. The number of hydrogen-bond acceptors (Lipinski definition) is 8. The molecule has 0 bridgehead atoms. The monoisotopic (exact) mass is 1390 g/mol. The van der Waals surface area contributed by atoms with E-state index in [9.17, 15) is 0 Å². The third-order valence-electron chi connectivity index (χ3n) is 22.0. The highest BCUT2D eigenvalue weighted by atomic mass is 32.1. The van der Waals surface area contributed by atoms with E-state index >= 15 is 0 Å². The van der Waals surface area contributed by atoms with E-state index in [0.29, 0.717) is 34.9 Å². The number of fused-ring (bicyclic) bond motifs is 16. The maximum atomic E-state index is 6.82. The van der Waals surface area contributed by atoms with E-state index in [2.05, 4.69) is 267 Å². The predicted molar refractivity (Wildman–Crippen MR) is 442 cm³/mol. The van der Waals surface area contributed by atoms with Gasteiger partial charge >= 0.3 is 0 Å². The first kappa shape index (κ1) is 62.6. The largest absolute Gasteiger partial charge is 0.456 e. The molecule has 4 aromatic heterocycles. The van der Waals surface area contributed by atoms with Gasteiger partial charge in [-0.15, -0.1) is 11.3 Å². The first-order valence-corrected chi connectivity index (χ1v) is 37.4. The Hall–Kier alpha value is -13.9. The predicted octanol–water partition coefficient (Wildman–Crippen LogP) is 25.0. The SMILES string of the molecule is c1ccc(-c2nc(-c3ccccc3)nc(-c3cccc4oc5cc(C6(c7ccccc7)c7ccccc7-c7ccc8ccccc8c76)ccc5c34)n2)cc1.c1ccc(-c2nc(-c3ccccc3)nc(-c3cccc4sc5cc(C6(c7ccccc7)c7ccccc7-c7ccc8ccccc8c76)ccc5c34)n2)cc1. The van der Waals surface area contributed by atoms with Gasteiger partial charge in [0, 0.05) is 64.3 Å². The van der Waals surface area contributed by atoms with Crippen LogP contribution in [0.2, 0.25) is 0 Å². The Morgan fingerprint density at radius 2 is 0.602 bits per heavy atom. The van der Waals surface area contributed by atoms with Crippen molar-refractivity contribution in [1.29, 1.82) is 0 Å². The topological polar surface area (TPSA) is 90.5 Å². The molecule has 7 nitrogen and oxygen atoms in total. The zero-order valence-corrected chi connectivity index (χ0v) is 59.1. The van der Waals surface area contributed by atoms with Gasteiger partial charge in [-0.05, 0) is 113 Å². The second kappa shape index (κ2) is 25.5. The van der Waals surface area contributed by atoms with Crippen molar-refractivity contribution in [2.45, 2.75) is 10.8 Å². The highest BCUT2D eigenvalue weighted by Gasteiger charge is 2.49. The summed E-state index contributed by atoms with van der Waals surface area (Å²) in [5, 5.41) is 9.37. The summed E-state index contributed by atoms with van der Waals surface area (Å²) in [4.78, 5) is 30.3. The van der Waals surface area contributed by atoms with Gasteiger partial charge in [0.05, 0.1) is 10.8 Å². The van der Waals surface area contributed by atoms with Gasteiger partial charge in [0.1, 0.15) is 11.2 Å². The fraction of sp³-hybridized carbons (Fsp3) is 0.0200. The number of rotatable bonds is 10. The van der Waals surface area contributed by atoms with Gasteiger partial charge < -0.3 is 4.42 Å². The Morgan fingerprint density at radius 1 is 0.222 bits per heavy atom. The second-order valence-electron chi connectivity index (χ2n) is 27.8. The number of benzene rings is 16. The Labute approximate surface area is 627 Å². The normalized spacial score (nSPS) is 14.7. The van der Waals surface area contributed by atoms with Crippen molar-refractivity contribution < 1.29 is 4.42 Å². The van der Waals surface area contributed by atoms with E-state index in [1.54, 1.807) is 0 Å². The number of hydrogen-bond donors (Lipinski definition) is 0. The van der Waals surface area contributed by atoms with Gasteiger partial charge in [-0.1, -0.05) is 352 Å². The number of thiophene rings is 1. The Morgan fingerprint density at radius 3 is 1.08 bits per heavy atom. The molecular formula is C100H62N6OS. The van der Waals surface area contributed by atoms with Crippen LogP contribution in [0.3, 0.4) is 0 Å². The molecule has 0 fully saturated rings. The van der Waals surface area contributed by atoms with Crippen LogP contribution in [0, 0.1) is 0 Å². The van der Waals surface area contributed by atoms with E-state index in [4.69, 9.17) is 34.3 Å². The lowest BCUT2D eigenvalue weighted by Gasteiger charge is -2.34. The molecule has 0 amide bonds. The van der Waals surface area contributed by atoms with Crippen LogP contribution in [-0.4, -0.2) is 29.9 Å². The van der Waals surface area contributed by atoms with Crippen molar-refractivity contribution in [3.05, 3.63) is 421 Å². The van der Waals surface area contributed by atoms with E-state index in [-0.39, 0.29) is 0 Å². The molecular weight excluding hydrogens is 1330 g/mol. The first-order valence-electron chi connectivity index (χ1n) is 36.6. The molecule has 0 saturated carbocycles. The van der Waals surface area contributed by atoms with Crippen molar-refractivity contribution >= 4 is 75.0 Å². The average Bonchev–Trinajstić information content (AvgIpc) is 1.48. The standard InChI is InChI=1S/C50H31N3O.C50H31N3S/c2*1-4-16-33(17-5-1)47-51-48(34-18-6-2-7-19-34)53-49(52-47)41-24-14-26-43-45(41)40-30-28-36(31-44(40)54-43)50(35-20-8-3-9-21-35)42-25-13-12-23-38(42)39-29-27-32-15-10-11-22-37(32)46(39)50/h2*1-31H. The van der Waals surface area contributed by atoms with Gasteiger partial charge in [0.2, 0.25) is 0 Å². The smallest absolute Gasteiger partial charge is 0.164 e. The van der Waals surface area contributed by atoms with E-state index < -0.39 is 10.8 Å². The van der Waals surface area contributed by atoms with Crippen molar-refractivity contribution in [1.82, 2.24) is 29.9 Å². The summed E-state index contributed by atoms with van der Waals surface area (Å²) in [5.74, 6) is 3.85. The van der Waals surface area contributed by atoms with Crippen LogP contribution in [0.25, 0.3) is 154 Å². The molecule has 0 saturated heterocycles. The van der Waals surface area contributed by atoms with Crippen molar-refractivity contribution in [2.75, 3.05) is 0 Å². The van der Waals surface area contributed by atoms with Gasteiger partial charge in [0.25, 0.3) is 0 Å². The molecule has 2 atom stereocenters. The van der Waals surface area contributed by atoms with E-state index in [1.165, 1.54) is 103 Å². The van der Waals surface area contributed by atoms with Crippen LogP contribution in [0.4, 0.5) is 0 Å². The summed E-state index contributed by atoms with van der Waals surface area (Å²) in [5.41, 5.74) is 21.4. The summed E-state index contributed by atoms with van der Waals surface area (Å²) >= 11 is 1.83. The van der Waals surface area contributed by atoms with Gasteiger partial charge in [-0.2, -0.15) is 0 Å². The van der Waals surface area contributed by atoms with Gasteiger partial charge in [-0.25, -0.2) is 29.9 Å². The maximum Gasteiger partial charge on any atom is 0.164 e. The summed E-state index contributed by atoms with van der Waals surface area (Å²) in [6.07, 6.45) is 0. The van der Waals surface area contributed by atoms with Crippen molar-refractivity contribution in [3.63, 3.8) is 0 Å². The van der Waals surface area contributed by atoms with Crippen LogP contribution in [0.15, 0.2) is 381 Å². The summed E-state index contributed by atoms with van der Waals surface area (Å²) < 4.78 is 9.25. The summed E-state index contributed by atoms with van der Waals surface area (Å²) in [6.45, 7) is 0. The molecule has 504 valence electrons. The molecule has 2 aliphatic rings. The molecule has 16 aromatic carbocycles. The minimum atomic E-state index is -0.576. The fourth-order valence-electron chi connectivity index (χ4n) is 17.4. The van der Waals surface area contributed by atoms with Gasteiger partial charge in [-0.3, -0.25) is 0 Å². The molecule has 2 unspecified atom stereocenters. The molecule has 0 N–H and O–H groups in total. The third-order valence-corrected chi connectivity index (χ3v) is 23.1. The lowest BCUT2D eigenvalue weighted by atomic mass is 9.66. The Bertz CT molecular complexity index is 6390. The zero-order chi connectivity index (χ0) is 71.3. The van der Waals surface area contributed by atoms with Crippen LogP contribution < -0.4 is 0 Å². The number of aromatic nitrogens is 6. The highest BCUT2D eigenvalue weighted by molar-refractivity contribution is 7.26. The van der Waals surface area contributed by atoms with E-state index in [0.717, 1.165) is 60.9 Å². The molecule has 8 heteroatoms. The quantitative estimate of drug-likeness (QED) is 0.135. The van der Waals surface area contributed by atoms with Crippen LogP contribution in [-0.2, 0) is 10.8 Å². The molecule has 0 aliphatic heterocycles. The molecule has 4 heterocycles. The second-order valence-corrected chi connectivity index (χ2v) is 28.9. The van der Waals surface area contributed by atoms with Crippen molar-refractivity contribution in [3.8, 4) is 90.6 Å². The lowest BCUT2D eigenvalue weighted by Crippen LogP contribution is -2.28. The zero-order valence-electron chi connectivity index (χ0n) is 58.3. The molecule has 108 heavy (non-hydrogen) atoms. The van der Waals surface area contributed by atoms with Crippen LogP contribution in [0.5, 0.6) is 0 Å².